The molecule has 0 aliphatic carbocycles. The highest BCUT2D eigenvalue weighted by atomic mass is 32.2. The SMILES string of the molecule is Cc1ccccc1NC(=O)[C@H](C)Sc1nc(-c2ccc(F)cc2)cn1Cc1ccccc1F. The molecule has 4 aromatic rings. The van der Waals surface area contributed by atoms with Crippen LogP contribution in [0.2, 0.25) is 0 Å². The summed E-state index contributed by atoms with van der Waals surface area (Å²) >= 11 is 1.29. The quantitative estimate of drug-likeness (QED) is 0.327. The van der Waals surface area contributed by atoms with Crippen molar-refractivity contribution in [1.29, 1.82) is 0 Å². The van der Waals surface area contributed by atoms with Gasteiger partial charge in [-0.1, -0.05) is 48.2 Å². The van der Waals surface area contributed by atoms with E-state index in [4.69, 9.17) is 0 Å². The van der Waals surface area contributed by atoms with Gasteiger partial charge in [-0.15, -0.1) is 0 Å². The number of amides is 1. The minimum atomic E-state index is -0.451. The average Bonchev–Trinajstić information content (AvgIpc) is 3.19. The van der Waals surface area contributed by atoms with E-state index in [0.717, 1.165) is 16.8 Å². The Hall–Kier alpha value is -3.45. The lowest BCUT2D eigenvalue weighted by Gasteiger charge is -2.14. The minimum Gasteiger partial charge on any atom is -0.325 e. The van der Waals surface area contributed by atoms with Crippen LogP contribution in [0.5, 0.6) is 0 Å². The van der Waals surface area contributed by atoms with Crippen LogP contribution in [0, 0.1) is 18.6 Å². The van der Waals surface area contributed by atoms with E-state index in [9.17, 15) is 13.6 Å². The molecule has 33 heavy (non-hydrogen) atoms. The number of carbonyl (C=O) groups is 1. The number of nitrogens with one attached hydrogen (secondary N) is 1. The maximum Gasteiger partial charge on any atom is 0.237 e. The van der Waals surface area contributed by atoms with E-state index in [-0.39, 0.29) is 24.1 Å². The van der Waals surface area contributed by atoms with Gasteiger partial charge in [-0.2, -0.15) is 0 Å². The molecule has 1 heterocycles. The third-order valence-corrected chi connectivity index (χ3v) is 6.34. The molecule has 168 valence electrons. The third kappa shape index (κ3) is 5.49. The molecule has 0 saturated heterocycles. The Bertz CT molecular complexity index is 1270. The molecule has 1 amide bonds. The van der Waals surface area contributed by atoms with E-state index in [2.05, 4.69) is 10.3 Å². The molecule has 4 nitrogen and oxygen atoms in total. The molecule has 0 spiro atoms. The van der Waals surface area contributed by atoms with Gasteiger partial charge in [0.05, 0.1) is 17.5 Å². The molecule has 0 fully saturated rings. The summed E-state index contributed by atoms with van der Waals surface area (Å²) in [5, 5.41) is 3.08. The standard InChI is InChI=1S/C26H23F2N3OS/c1-17-7-3-6-10-23(17)29-25(32)18(2)33-26-30-24(19-11-13-21(27)14-12-19)16-31(26)15-20-8-4-5-9-22(20)28/h3-14,16,18H,15H2,1-2H3,(H,29,32)/t18-/m0/s1. The van der Waals surface area contributed by atoms with Crippen LogP contribution in [0.3, 0.4) is 0 Å². The minimum absolute atomic E-state index is 0.155. The monoisotopic (exact) mass is 463 g/mol. The first-order valence-corrected chi connectivity index (χ1v) is 11.4. The molecule has 0 radical (unpaired) electrons. The summed E-state index contributed by atoms with van der Waals surface area (Å²) in [5.41, 5.74) is 3.61. The van der Waals surface area contributed by atoms with E-state index >= 15 is 0 Å². The first-order valence-electron chi connectivity index (χ1n) is 10.5. The molecular formula is C26H23F2N3OS. The Labute approximate surface area is 195 Å². The topological polar surface area (TPSA) is 46.9 Å². The number of aryl methyl sites for hydroxylation is 1. The number of halogens is 2. The zero-order valence-corrected chi connectivity index (χ0v) is 19.1. The number of para-hydroxylation sites is 1. The Kier molecular flexibility index (Phi) is 6.89. The molecule has 7 heteroatoms. The number of carbonyl (C=O) groups excluding carboxylic acids is 1. The second kappa shape index (κ2) is 10.0. The molecule has 0 unspecified atom stereocenters. The van der Waals surface area contributed by atoms with Gasteiger partial charge in [0, 0.05) is 23.0 Å². The van der Waals surface area contributed by atoms with Gasteiger partial charge < -0.3 is 9.88 Å². The predicted octanol–water partition coefficient (Wildman–Crippen LogP) is 6.30. The van der Waals surface area contributed by atoms with Crippen LogP contribution in [0.4, 0.5) is 14.5 Å². The van der Waals surface area contributed by atoms with Gasteiger partial charge in [-0.05, 0) is 55.8 Å². The van der Waals surface area contributed by atoms with E-state index in [1.165, 1.54) is 30.0 Å². The summed E-state index contributed by atoms with van der Waals surface area (Å²) in [5.74, 6) is -0.797. The Morgan fingerprint density at radius 1 is 1.03 bits per heavy atom. The summed E-state index contributed by atoms with van der Waals surface area (Å²) in [6, 6.07) is 20.2. The Morgan fingerprint density at radius 3 is 2.45 bits per heavy atom. The zero-order valence-electron chi connectivity index (χ0n) is 18.3. The van der Waals surface area contributed by atoms with Gasteiger partial charge in [0.25, 0.3) is 0 Å². The van der Waals surface area contributed by atoms with Crippen molar-refractivity contribution in [2.75, 3.05) is 5.32 Å². The first-order chi connectivity index (χ1) is 15.9. The second-order valence-corrected chi connectivity index (χ2v) is 9.01. The summed E-state index contributed by atoms with van der Waals surface area (Å²) in [4.78, 5) is 17.5. The van der Waals surface area contributed by atoms with Gasteiger partial charge in [0.15, 0.2) is 5.16 Å². The molecule has 0 aliphatic heterocycles. The maximum absolute atomic E-state index is 14.3. The number of hydrogen-bond donors (Lipinski definition) is 1. The Balaban J connectivity index is 1.60. The van der Waals surface area contributed by atoms with Crippen molar-refractivity contribution in [2.45, 2.75) is 30.8 Å². The van der Waals surface area contributed by atoms with E-state index in [1.807, 2.05) is 35.8 Å². The molecule has 0 aliphatic rings. The fraction of sp³-hybridized carbons (Fsp3) is 0.154. The molecule has 1 N–H and O–H groups in total. The van der Waals surface area contributed by atoms with Crippen LogP contribution in [-0.4, -0.2) is 20.7 Å². The van der Waals surface area contributed by atoms with Crippen LogP contribution < -0.4 is 5.32 Å². The summed E-state index contributed by atoms with van der Waals surface area (Å²) < 4.78 is 29.5. The lowest BCUT2D eigenvalue weighted by atomic mass is 10.2. The number of aromatic nitrogens is 2. The average molecular weight is 464 g/mol. The van der Waals surface area contributed by atoms with Crippen molar-refractivity contribution in [3.8, 4) is 11.3 Å². The highest BCUT2D eigenvalue weighted by Crippen LogP contribution is 2.29. The maximum atomic E-state index is 14.3. The van der Waals surface area contributed by atoms with Gasteiger partial charge in [-0.3, -0.25) is 4.79 Å². The number of imidazole rings is 1. The normalized spacial score (nSPS) is 11.9. The van der Waals surface area contributed by atoms with Crippen LogP contribution in [0.15, 0.2) is 84.1 Å². The smallest absolute Gasteiger partial charge is 0.237 e. The molecule has 0 saturated carbocycles. The first kappa shape index (κ1) is 22.7. The van der Waals surface area contributed by atoms with Crippen molar-refractivity contribution in [3.63, 3.8) is 0 Å². The molecule has 1 atom stereocenters. The lowest BCUT2D eigenvalue weighted by Crippen LogP contribution is -2.23. The van der Waals surface area contributed by atoms with Crippen molar-refractivity contribution in [1.82, 2.24) is 9.55 Å². The van der Waals surface area contributed by atoms with E-state index < -0.39 is 5.25 Å². The highest BCUT2D eigenvalue weighted by molar-refractivity contribution is 8.00. The van der Waals surface area contributed by atoms with Crippen molar-refractivity contribution >= 4 is 23.4 Å². The van der Waals surface area contributed by atoms with Gasteiger partial charge in [0.1, 0.15) is 11.6 Å². The van der Waals surface area contributed by atoms with Crippen molar-refractivity contribution in [3.05, 3.63) is 102 Å². The van der Waals surface area contributed by atoms with Crippen LogP contribution in [0.25, 0.3) is 11.3 Å². The summed E-state index contributed by atoms with van der Waals surface area (Å²) in [6.45, 7) is 4.00. The zero-order chi connectivity index (χ0) is 23.4. The van der Waals surface area contributed by atoms with Crippen LogP contribution in [0.1, 0.15) is 18.1 Å². The summed E-state index contributed by atoms with van der Waals surface area (Å²) in [6.07, 6.45) is 1.80. The summed E-state index contributed by atoms with van der Waals surface area (Å²) in [7, 11) is 0. The second-order valence-electron chi connectivity index (χ2n) is 7.70. The fourth-order valence-corrected chi connectivity index (χ4v) is 4.22. The van der Waals surface area contributed by atoms with Gasteiger partial charge >= 0.3 is 0 Å². The van der Waals surface area contributed by atoms with Crippen LogP contribution >= 0.6 is 11.8 Å². The fourth-order valence-electron chi connectivity index (χ4n) is 3.34. The number of anilines is 1. The third-order valence-electron chi connectivity index (χ3n) is 5.23. The predicted molar refractivity (Wildman–Crippen MR) is 128 cm³/mol. The van der Waals surface area contributed by atoms with Crippen LogP contribution in [-0.2, 0) is 11.3 Å². The van der Waals surface area contributed by atoms with Crippen molar-refractivity contribution < 1.29 is 13.6 Å². The number of rotatable bonds is 7. The van der Waals surface area contributed by atoms with E-state index in [0.29, 0.717) is 16.4 Å². The van der Waals surface area contributed by atoms with E-state index in [1.54, 1.807) is 43.5 Å². The Morgan fingerprint density at radius 2 is 1.73 bits per heavy atom. The number of benzene rings is 3. The molecule has 1 aromatic heterocycles. The largest absolute Gasteiger partial charge is 0.325 e. The number of hydrogen-bond acceptors (Lipinski definition) is 3. The van der Waals surface area contributed by atoms with Gasteiger partial charge in [-0.25, -0.2) is 13.8 Å². The van der Waals surface area contributed by atoms with Gasteiger partial charge in [0.2, 0.25) is 5.91 Å². The highest BCUT2D eigenvalue weighted by Gasteiger charge is 2.20. The number of nitrogens with zero attached hydrogens (tertiary/aromatic N) is 2. The molecule has 4 rings (SSSR count). The van der Waals surface area contributed by atoms with Crippen molar-refractivity contribution in [2.24, 2.45) is 0 Å². The lowest BCUT2D eigenvalue weighted by molar-refractivity contribution is -0.115. The molecular weight excluding hydrogens is 440 g/mol. The molecule has 0 bridgehead atoms. The number of thioether (sulfide) groups is 1. The molecule has 3 aromatic carbocycles.